The molecule has 18 heavy (non-hydrogen) atoms. The highest BCUT2D eigenvalue weighted by atomic mass is 16.5. The first-order valence-electron chi connectivity index (χ1n) is 6.97. The molecule has 1 aromatic carbocycles. The number of ether oxygens (including phenoxy) is 1. The minimum Gasteiger partial charge on any atom is -0.493 e. The zero-order valence-electron chi connectivity index (χ0n) is 11.3. The maximum Gasteiger partial charge on any atom is 0.124 e. The molecule has 1 saturated heterocycles. The summed E-state index contributed by atoms with van der Waals surface area (Å²) in [5, 5.41) is 0. The molecule has 3 heteroatoms. The van der Waals surface area contributed by atoms with E-state index in [1.807, 2.05) is 31.2 Å². The summed E-state index contributed by atoms with van der Waals surface area (Å²) in [5.74, 6) is 0.939. The van der Waals surface area contributed by atoms with E-state index in [1.54, 1.807) is 0 Å². The molecule has 0 aliphatic carbocycles. The Kier molecular flexibility index (Phi) is 5.02. The first-order chi connectivity index (χ1) is 8.77. The van der Waals surface area contributed by atoms with Gasteiger partial charge in [-0.1, -0.05) is 18.2 Å². The van der Waals surface area contributed by atoms with E-state index in [2.05, 4.69) is 4.90 Å². The normalized spacial score (nSPS) is 17.9. The molecule has 1 heterocycles. The third-order valence-electron chi connectivity index (χ3n) is 3.48. The Hall–Kier alpha value is -1.06. The number of para-hydroxylation sites is 1. The van der Waals surface area contributed by atoms with Gasteiger partial charge in [0.25, 0.3) is 0 Å². The average Bonchev–Trinajstić information content (AvgIpc) is 2.88. The minimum atomic E-state index is 0.0276. The highest BCUT2D eigenvalue weighted by molar-refractivity contribution is 5.35. The van der Waals surface area contributed by atoms with Crippen LogP contribution in [0.2, 0.25) is 0 Å². The lowest BCUT2D eigenvalue weighted by molar-refractivity contribution is 0.261. The van der Waals surface area contributed by atoms with Crippen LogP contribution in [-0.4, -0.2) is 31.1 Å². The van der Waals surface area contributed by atoms with E-state index in [1.165, 1.54) is 25.9 Å². The van der Waals surface area contributed by atoms with Crippen molar-refractivity contribution in [3.8, 4) is 5.75 Å². The monoisotopic (exact) mass is 248 g/mol. The molecule has 0 saturated carbocycles. The Bertz CT molecular complexity index is 359. The third kappa shape index (κ3) is 3.72. The average molecular weight is 248 g/mol. The topological polar surface area (TPSA) is 38.5 Å². The largest absolute Gasteiger partial charge is 0.493 e. The molecule has 2 N–H and O–H groups in total. The highest BCUT2D eigenvalue weighted by Crippen LogP contribution is 2.23. The van der Waals surface area contributed by atoms with E-state index >= 15 is 0 Å². The van der Waals surface area contributed by atoms with Gasteiger partial charge in [0.05, 0.1) is 6.61 Å². The lowest BCUT2D eigenvalue weighted by atomic mass is 10.1. The van der Waals surface area contributed by atoms with E-state index < -0.39 is 0 Å². The zero-order chi connectivity index (χ0) is 12.8. The molecule has 2 rings (SSSR count). The molecule has 3 nitrogen and oxygen atoms in total. The van der Waals surface area contributed by atoms with Gasteiger partial charge in [0.2, 0.25) is 0 Å². The molecule has 0 radical (unpaired) electrons. The Labute approximate surface area is 110 Å². The minimum absolute atomic E-state index is 0.0276. The summed E-state index contributed by atoms with van der Waals surface area (Å²) in [6, 6.07) is 8.09. The fourth-order valence-corrected chi connectivity index (χ4v) is 2.46. The van der Waals surface area contributed by atoms with Crippen LogP contribution in [0, 0.1) is 0 Å². The molecule has 1 aliphatic rings. The maximum atomic E-state index is 5.93. The van der Waals surface area contributed by atoms with Gasteiger partial charge in [0, 0.05) is 18.2 Å². The van der Waals surface area contributed by atoms with Crippen LogP contribution < -0.4 is 10.5 Å². The predicted octanol–water partition coefficient (Wildman–Crippen LogP) is 2.57. The molecule has 1 atom stereocenters. The van der Waals surface area contributed by atoms with Crippen LogP contribution in [0.1, 0.15) is 37.8 Å². The van der Waals surface area contributed by atoms with E-state index in [-0.39, 0.29) is 6.04 Å². The van der Waals surface area contributed by atoms with Gasteiger partial charge in [0.15, 0.2) is 0 Å². The molecular weight excluding hydrogens is 224 g/mol. The van der Waals surface area contributed by atoms with E-state index in [4.69, 9.17) is 10.5 Å². The lowest BCUT2D eigenvalue weighted by Crippen LogP contribution is -2.22. The molecule has 100 valence electrons. The molecule has 0 amide bonds. The number of benzene rings is 1. The van der Waals surface area contributed by atoms with Crippen LogP contribution in [0.4, 0.5) is 0 Å². The van der Waals surface area contributed by atoms with Crippen molar-refractivity contribution in [1.29, 1.82) is 0 Å². The van der Waals surface area contributed by atoms with Crippen LogP contribution in [-0.2, 0) is 0 Å². The molecule has 1 fully saturated rings. The van der Waals surface area contributed by atoms with Crippen molar-refractivity contribution in [2.75, 3.05) is 26.2 Å². The van der Waals surface area contributed by atoms with Crippen LogP contribution in [0.25, 0.3) is 0 Å². The second kappa shape index (κ2) is 6.76. The molecule has 0 aromatic heterocycles. The molecule has 1 aliphatic heterocycles. The van der Waals surface area contributed by atoms with Gasteiger partial charge in [-0.05, 0) is 45.3 Å². The fraction of sp³-hybridized carbons (Fsp3) is 0.600. The van der Waals surface area contributed by atoms with Gasteiger partial charge in [-0.15, -0.1) is 0 Å². The van der Waals surface area contributed by atoms with Gasteiger partial charge in [-0.2, -0.15) is 0 Å². The molecule has 0 bridgehead atoms. The van der Waals surface area contributed by atoms with Crippen LogP contribution in [0.15, 0.2) is 24.3 Å². The van der Waals surface area contributed by atoms with Crippen molar-refractivity contribution in [1.82, 2.24) is 4.90 Å². The van der Waals surface area contributed by atoms with E-state index in [0.29, 0.717) is 0 Å². The number of rotatable bonds is 6. The summed E-state index contributed by atoms with van der Waals surface area (Å²) in [6.07, 6.45) is 3.80. The summed E-state index contributed by atoms with van der Waals surface area (Å²) in [7, 11) is 0. The van der Waals surface area contributed by atoms with Gasteiger partial charge < -0.3 is 15.4 Å². The number of nitrogens with zero attached hydrogens (tertiary/aromatic N) is 1. The van der Waals surface area contributed by atoms with Gasteiger partial charge in [0.1, 0.15) is 5.75 Å². The number of likely N-dealkylation sites (tertiary alicyclic amines) is 1. The summed E-state index contributed by atoms with van der Waals surface area (Å²) >= 11 is 0. The van der Waals surface area contributed by atoms with Gasteiger partial charge >= 0.3 is 0 Å². The first kappa shape index (κ1) is 13.4. The van der Waals surface area contributed by atoms with Crippen molar-refractivity contribution in [3.05, 3.63) is 29.8 Å². The van der Waals surface area contributed by atoms with Gasteiger partial charge in [-0.25, -0.2) is 0 Å². The van der Waals surface area contributed by atoms with Crippen molar-refractivity contribution in [3.63, 3.8) is 0 Å². The van der Waals surface area contributed by atoms with E-state index in [9.17, 15) is 0 Å². The standard InChI is InChI=1S/C15H24N2O/c1-13(16)14-7-2-3-8-15(14)18-12-6-11-17-9-4-5-10-17/h2-3,7-8,13H,4-6,9-12,16H2,1H3/t13-/m0/s1. The smallest absolute Gasteiger partial charge is 0.124 e. The van der Waals surface area contributed by atoms with Crippen LogP contribution >= 0.6 is 0 Å². The van der Waals surface area contributed by atoms with Gasteiger partial charge in [-0.3, -0.25) is 0 Å². The Morgan fingerprint density at radius 2 is 2.00 bits per heavy atom. The van der Waals surface area contributed by atoms with Crippen LogP contribution in [0.5, 0.6) is 5.75 Å². The summed E-state index contributed by atoms with van der Waals surface area (Å²) in [6.45, 7) is 6.44. The number of nitrogens with two attached hydrogens (primary N) is 1. The summed E-state index contributed by atoms with van der Waals surface area (Å²) < 4.78 is 5.85. The molecule has 0 spiro atoms. The summed E-state index contributed by atoms with van der Waals surface area (Å²) in [4.78, 5) is 2.51. The Morgan fingerprint density at radius 1 is 1.28 bits per heavy atom. The number of hydrogen-bond donors (Lipinski definition) is 1. The van der Waals surface area contributed by atoms with E-state index in [0.717, 1.165) is 30.9 Å². The molecule has 1 aromatic rings. The molecular formula is C15H24N2O. The third-order valence-corrected chi connectivity index (χ3v) is 3.48. The van der Waals surface area contributed by atoms with Crippen molar-refractivity contribution < 1.29 is 4.74 Å². The van der Waals surface area contributed by atoms with Crippen LogP contribution in [0.3, 0.4) is 0 Å². The first-order valence-corrected chi connectivity index (χ1v) is 6.97. The Morgan fingerprint density at radius 3 is 2.72 bits per heavy atom. The summed E-state index contributed by atoms with van der Waals surface area (Å²) in [5.41, 5.74) is 7.03. The van der Waals surface area contributed by atoms with Crippen molar-refractivity contribution in [2.24, 2.45) is 5.73 Å². The molecule has 0 unspecified atom stereocenters. The van der Waals surface area contributed by atoms with Crippen molar-refractivity contribution in [2.45, 2.75) is 32.2 Å². The van der Waals surface area contributed by atoms with Crippen molar-refractivity contribution >= 4 is 0 Å². The maximum absolute atomic E-state index is 5.93. The quantitative estimate of drug-likeness (QED) is 0.786. The Balaban J connectivity index is 1.75. The predicted molar refractivity (Wildman–Crippen MR) is 74.8 cm³/mol. The fourth-order valence-electron chi connectivity index (χ4n) is 2.46. The highest BCUT2D eigenvalue weighted by Gasteiger charge is 2.11. The lowest BCUT2D eigenvalue weighted by Gasteiger charge is -2.16. The second-order valence-corrected chi connectivity index (χ2v) is 5.08. The zero-order valence-corrected chi connectivity index (χ0v) is 11.3. The number of hydrogen-bond acceptors (Lipinski definition) is 3. The second-order valence-electron chi connectivity index (χ2n) is 5.08. The SMILES string of the molecule is C[C@H](N)c1ccccc1OCCCN1CCCC1.